The normalized spacial score (nSPS) is 22.9. The van der Waals surface area contributed by atoms with Gasteiger partial charge in [0.2, 0.25) is 0 Å². The minimum atomic E-state index is -0.560. The molecule has 0 bridgehead atoms. The van der Waals surface area contributed by atoms with Crippen LogP contribution in [0, 0.1) is 5.41 Å². The van der Waals surface area contributed by atoms with Gasteiger partial charge in [0.25, 0.3) is 0 Å². The zero-order valence-corrected chi connectivity index (χ0v) is 12.6. The summed E-state index contributed by atoms with van der Waals surface area (Å²) in [6, 6.07) is 0.551. The zero-order chi connectivity index (χ0) is 12.9. The van der Waals surface area contributed by atoms with Gasteiger partial charge < -0.3 is 10.2 Å². The van der Waals surface area contributed by atoms with E-state index < -0.39 is 10.8 Å². The zero-order valence-electron chi connectivity index (χ0n) is 11.8. The molecule has 0 spiro atoms. The summed E-state index contributed by atoms with van der Waals surface area (Å²) >= 11 is 0. The Morgan fingerprint density at radius 2 is 1.94 bits per heavy atom. The summed E-state index contributed by atoms with van der Waals surface area (Å²) in [4.78, 5) is 2.48. The van der Waals surface area contributed by atoms with Crippen molar-refractivity contribution in [3.63, 3.8) is 0 Å². The van der Waals surface area contributed by atoms with Crippen molar-refractivity contribution in [2.45, 2.75) is 40.2 Å². The number of hydrogen-bond donors (Lipinski definition) is 1. The lowest BCUT2D eigenvalue weighted by atomic mass is 9.86. The fourth-order valence-electron chi connectivity index (χ4n) is 2.12. The van der Waals surface area contributed by atoms with Crippen LogP contribution in [0.25, 0.3) is 0 Å². The van der Waals surface area contributed by atoms with Crippen LogP contribution in [-0.2, 0) is 10.8 Å². The molecule has 1 heterocycles. The van der Waals surface area contributed by atoms with Gasteiger partial charge in [-0.2, -0.15) is 0 Å². The molecule has 4 heteroatoms. The molecule has 1 atom stereocenters. The summed E-state index contributed by atoms with van der Waals surface area (Å²) in [6.07, 6.45) is 1.19. The Balaban J connectivity index is 2.41. The molecular weight excluding hydrogens is 232 g/mol. The van der Waals surface area contributed by atoms with Gasteiger partial charge in [-0.05, 0) is 11.8 Å². The number of nitrogens with zero attached hydrogens (tertiary/aromatic N) is 1. The maximum Gasteiger partial charge on any atom is 0.0363 e. The molecule has 1 N–H and O–H groups in total. The Morgan fingerprint density at radius 1 is 1.35 bits per heavy atom. The average Bonchev–Trinajstić information content (AvgIpc) is 2.30. The van der Waals surface area contributed by atoms with Gasteiger partial charge in [0.1, 0.15) is 0 Å². The van der Waals surface area contributed by atoms with E-state index in [2.05, 4.69) is 37.9 Å². The lowest BCUT2D eigenvalue weighted by molar-refractivity contribution is 0.162. The first-order valence-corrected chi connectivity index (χ1v) is 8.25. The molecule has 0 aromatic rings. The quantitative estimate of drug-likeness (QED) is 0.785. The van der Waals surface area contributed by atoms with Crippen molar-refractivity contribution in [1.29, 1.82) is 0 Å². The van der Waals surface area contributed by atoms with Crippen LogP contribution in [0.1, 0.15) is 34.1 Å². The summed E-state index contributed by atoms with van der Waals surface area (Å²) in [5.41, 5.74) is 0.336. The topological polar surface area (TPSA) is 32.3 Å². The van der Waals surface area contributed by atoms with E-state index in [0.717, 1.165) is 37.7 Å². The van der Waals surface area contributed by atoms with E-state index in [9.17, 15) is 4.21 Å². The van der Waals surface area contributed by atoms with E-state index in [4.69, 9.17) is 0 Å². The molecule has 0 aromatic carbocycles. The molecule has 102 valence electrons. The van der Waals surface area contributed by atoms with Crippen molar-refractivity contribution >= 4 is 10.8 Å². The van der Waals surface area contributed by atoms with E-state index in [-0.39, 0.29) is 0 Å². The molecule has 1 aliphatic heterocycles. The van der Waals surface area contributed by atoms with Gasteiger partial charge >= 0.3 is 0 Å². The molecule has 1 rings (SSSR count). The third-order valence-corrected chi connectivity index (χ3v) is 4.94. The third kappa shape index (κ3) is 5.49. The number of nitrogens with one attached hydrogen (secondary N) is 1. The van der Waals surface area contributed by atoms with Gasteiger partial charge in [0.05, 0.1) is 0 Å². The lowest BCUT2D eigenvalue weighted by Crippen LogP contribution is -2.47. The smallest absolute Gasteiger partial charge is 0.0363 e. The van der Waals surface area contributed by atoms with Crippen LogP contribution in [0.4, 0.5) is 0 Å². The molecule has 1 aliphatic rings. The molecule has 0 aliphatic carbocycles. The van der Waals surface area contributed by atoms with E-state index in [1.165, 1.54) is 6.42 Å². The SMILES string of the molecule is CCC(C)(CNC(C)C)CN1CCS(=O)CC1. The van der Waals surface area contributed by atoms with Crippen molar-refractivity contribution in [2.24, 2.45) is 5.41 Å². The Bertz CT molecular complexity index is 248. The van der Waals surface area contributed by atoms with Crippen LogP contribution in [0.2, 0.25) is 0 Å². The first-order valence-electron chi connectivity index (χ1n) is 6.76. The van der Waals surface area contributed by atoms with Crippen LogP contribution in [0.3, 0.4) is 0 Å². The predicted octanol–water partition coefficient (Wildman–Crippen LogP) is 1.47. The van der Waals surface area contributed by atoms with Crippen LogP contribution in [0.15, 0.2) is 0 Å². The average molecular weight is 260 g/mol. The van der Waals surface area contributed by atoms with Crippen molar-refractivity contribution in [1.82, 2.24) is 10.2 Å². The maximum atomic E-state index is 11.3. The third-order valence-electron chi connectivity index (χ3n) is 3.67. The highest BCUT2D eigenvalue weighted by Gasteiger charge is 2.27. The summed E-state index contributed by atoms with van der Waals surface area (Å²) in [5.74, 6) is 1.72. The van der Waals surface area contributed by atoms with Crippen LogP contribution < -0.4 is 5.32 Å². The van der Waals surface area contributed by atoms with E-state index >= 15 is 0 Å². The number of rotatable bonds is 6. The van der Waals surface area contributed by atoms with Gasteiger partial charge in [-0.3, -0.25) is 4.21 Å². The predicted molar refractivity (Wildman–Crippen MR) is 75.9 cm³/mol. The second-order valence-corrected chi connectivity index (χ2v) is 7.52. The highest BCUT2D eigenvalue weighted by molar-refractivity contribution is 7.85. The van der Waals surface area contributed by atoms with Crippen LogP contribution in [-0.4, -0.2) is 52.8 Å². The summed E-state index contributed by atoms with van der Waals surface area (Å²) < 4.78 is 11.3. The van der Waals surface area contributed by atoms with Gasteiger partial charge in [0.15, 0.2) is 0 Å². The second-order valence-electron chi connectivity index (χ2n) is 5.82. The summed E-state index contributed by atoms with van der Waals surface area (Å²) in [5, 5.41) is 3.55. The van der Waals surface area contributed by atoms with Gasteiger partial charge in [-0.1, -0.05) is 27.7 Å². The number of hydrogen-bond acceptors (Lipinski definition) is 3. The molecule has 0 amide bonds. The summed E-state index contributed by atoms with van der Waals surface area (Å²) in [6.45, 7) is 13.2. The Kier molecular flexibility index (Phi) is 6.10. The molecule has 0 radical (unpaired) electrons. The minimum Gasteiger partial charge on any atom is -0.314 e. The molecule has 1 saturated heterocycles. The largest absolute Gasteiger partial charge is 0.314 e. The second kappa shape index (κ2) is 6.86. The molecule has 1 fully saturated rings. The van der Waals surface area contributed by atoms with Crippen LogP contribution in [0.5, 0.6) is 0 Å². The molecule has 0 aromatic heterocycles. The molecule has 0 saturated carbocycles. The monoisotopic (exact) mass is 260 g/mol. The lowest BCUT2D eigenvalue weighted by Gasteiger charge is -2.37. The molecule has 3 nitrogen and oxygen atoms in total. The highest BCUT2D eigenvalue weighted by atomic mass is 32.2. The fourth-order valence-corrected chi connectivity index (χ4v) is 3.24. The highest BCUT2D eigenvalue weighted by Crippen LogP contribution is 2.22. The van der Waals surface area contributed by atoms with Crippen molar-refractivity contribution in [3.8, 4) is 0 Å². The molecular formula is C13H28N2OS. The van der Waals surface area contributed by atoms with E-state index in [0.29, 0.717) is 11.5 Å². The van der Waals surface area contributed by atoms with E-state index in [1.54, 1.807) is 0 Å². The van der Waals surface area contributed by atoms with Gasteiger partial charge in [-0.25, -0.2) is 0 Å². The van der Waals surface area contributed by atoms with E-state index in [1.807, 2.05) is 0 Å². The first kappa shape index (κ1) is 15.1. The standard InChI is InChI=1S/C13H28N2OS/c1-5-13(4,10-14-12(2)3)11-15-6-8-17(16)9-7-15/h12,14H,5-11H2,1-4H3. The molecule has 1 unspecified atom stereocenters. The van der Waals surface area contributed by atoms with Gasteiger partial charge in [-0.15, -0.1) is 0 Å². The van der Waals surface area contributed by atoms with Crippen molar-refractivity contribution in [3.05, 3.63) is 0 Å². The maximum absolute atomic E-state index is 11.3. The fraction of sp³-hybridized carbons (Fsp3) is 1.00. The van der Waals surface area contributed by atoms with Gasteiger partial charge in [0, 0.05) is 54.5 Å². The Labute approximate surface area is 109 Å². The Morgan fingerprint density at radius 3 is 2.41 bits per heavy atom. The van der Waals surface area contributed by atoms with Crippen molar-refractivity contribution in [2.75, 3.05) is 37.7 Å². The summed E-state index contributed by atoms with van der Waals surface area (Å²) in [7, 11) is -0.560. The van der Waals surface area contributed by atoms with Crippen LogP contribution >= 0.6 is 0 Å². The first-order chi connectivity index (χ1) is 7.95. The Hall–Kier alpha value is 0.0700. The minimum absolute atomic E-state index is 0.336. The molecule has 17 heavy (non-hydrogen) atoms. The van der Waals surface area contributed by atoms with Crippen molar-refractivity contribution < 1.29 is 4.21 Å².